The van der Waals surface area contributed by atoms with Crippen LogP contribution in [0.2, 0.25) is 0 Å². The summed E-state index contributed by atoms with van der Waals surface area (Å²) in [5.74, 6) is 0.325. The van der Waals surface area contributed by atoms with Gasteiger partial charge in [-0.1, -0.05) is 0 Å². The molecule has 3 N–H and O–H groups in total. The molecule has 0 aliphatic carbocycles. The number of nitrogens with zero attached hydrogens (tertiary/aromatic N) is 7. The van der Waals surface area contributed by atoms with Gasteiger partial charge in [0, 0.05) is 32.4 Å². The fraction of sp³-hybridized carbons (Fsp3) is 0.387. The second-order valence-electron chi connectivity index (χ2n) is 11.6. The largest absolute Gasteiger partial charge is 0.387 e. The maximum atomic E-state index is 14.4. The molecule has 228 valence electrons. The van der Waals surface area contributed by atoms with E-state index in [0.717, 1.165) is 50.7 Å². The van der Waals surface area contributed by atoms with Gasteiger partial charge in [-0.25, -0.2) is 13.9 Å². The summed E-state index contributed by atoms with van der Waals surface area (Å²) in [6.45, 7) is 7.63. The second-order valence-corrected chi connectivity index (χ2v) is 11.6. The minimum absolute atomic E-state index is 0.192. The summed E-state index contributed by atoms with van der Waals surface area (Å²) in [4.78, 5) is 27.1. The number of hydrogen-bond acceptors (Lipinski definition) is 10. The van der Waals surface area contributed by atoms with E-state index in [2.05, 4.69) is 41.6 Å². The van der Waals surface area contributed by atoms with Crippen molar-refractivity contribution in [2.75, 3.05) is 56.2 Å². The molecule has 2 fully saturated rings. The fourth-order valence-corrected chi connectivity index (χ4v) is 5.21. The van der Waals surface area contributed by atoms with Gasteiger partial charge in [0.2, 0.25) is 0 Å². The van der Waals surface area contributed by atoms with Gasteiger partial charge in [0.15, 0.2) is 0 Å². The second kappa shape index (κ2) is 12.2. The number of aromatic nitrogens is 4. The lowest BCUT2D eigenvalue weighted by molar-refractivity contribution is -0.0661. The summed E-state index contributed by atoms with van der Waals surface area (Å²) in [6.07, 6.45) is 2.95. The molecule has 4 aromatic rings. The first kappa shape index (κ1) is 29.4. The van der Waals surface area contributed by atoms with Crippen LogP contribution in [-0.4, -0.2) is 99.2 Å². The van der Waals surface area contributed by atoms with E-state index in [1.165, 1.54) is 26.2 Å². The van der Waals surface area contributed by atoms with Crippen LogP contribution in [0, 0.1) is 11.3 Å². The summed E-state index contributed by atoms with van der Waals surface area (Å²) in [6, 6.07) is 13.6. The molecule has 6 heterocycles. The average Bonchev–Trinajstić information content (AvgIpc) is 3.42. The molecule has 0 unspecified atom stereocenters. The fourth-order valence-electron chi connectivity index (χ4n) is 5.21. The Balaban J connectivity index is 1.24. The molecule has 0 bridgehead atoms. The van der Waals surface area contributed by atoms with Crippen molar-refractivity contribution in [2.24, 2.45) is 0 Å². The van der Waals surface area contributed by atoms with E-state index < -0.39 is 17.7 Å². The zero-order valence-corrected chi connectivity index (χ0v) is 24.6. The topological polar surface area (TPSA) is 144 Å². The van der Waals surface area contributed by atoms with Crippen molar-refractivity contribution < 1.29 is 19.0 Å². The number of fused-ring (bicyclic) bond motifs is 1. The number of rotatable bonds is 9. The number of anilines is 3. The van der Waals surface area contributed by atoms with Crippen molar-refractivity contribution in [1.82, 2.24) is 29.8 Å². The number of ether oxygens (including phenoxy) is 1. The third kappa shape index (κ3) is 6.19. The lowest BCUT2D eigenvalue weighted by Crippen LogP contribution is -2.56. The number of carbonyl (C=O) groups excluding carboxylic acids is 1. The number of amides is 1. The molecule has 12 nitrogen and oxygen atoms in total. The SMILES string of the molecule is CC(C)(O)[C@H](F)CNC(=O)c1cnc(-c2ccc3cc(C#N)cnn23)cc1Nc1ccc(N2CCN(C3COC3)CC2)nc1. The predicted octanol–water partition coefficient (Wildman–Crippen LogP) is 2.77. The van der Waals surface area contributed by atoms with E-state index in [1.54, 1.807) is 22.8 Å². The van der Waals surface area contributed by atoms with Crippen LogP contribution in [0.15, 0.2) is 55.0 Å². The quantitative estimate of drug-likeness (QED) is 0.263. The van der Waals surface area contributed by atoms with E-state index in [0.29, 0.717) is 34.4 Å². The lowest BCUT2D eigenvalue weighted by atomic mass is 10.0. The molecule has 6 rings (SSSR count). The summed E-state index contributed by atoms with van der Waals surface area (Å²) in [5, 5.41) is 29.4. The highest BCUT2D eigenvalue weighted by Crippen LogP contribution is 2.28. The van der Waals surface area contributed by atoms with Crippen LogP contribution >= 0.6 is 0 Å². The van der Waals surface area contributed by atoms with Crippen LogP contribution in [0.4, 0.5) is 21.6 Å². The molecular weight excluding hydrogens is 565 g/mol. The molecule has 2 saturated heterocycles. The van der Waals surface area contributed by atoms with E-state index in [9.17, 15) is 19.6 Å². The predicted molar refractivity (Wildman–Crippen MR) is 163 cm³/mol. The van der Waals surface area contributed by atoms with Crippen LogP contribution in [-0.2, 0) is 4.74 Å². The third-order valence-corrected chi connectivity index (χ3v) is 8.05. The first-order chi connectivity index (χ1) is 21.2. The Morgan fingerprint density at radius 2 is 1.93 bits per heavy atom. The van der Waals surface area contributed by atoms with Crippen molar-refractivity contribution in [1.29, 1.82) is 5.26 Å². The molecule has 1 amide bonds. The molecular formula is C31H34FN9O3. The van der Waals surface area contributed by atoms with Crippen molar-refractivity contribution in [3.8, 4) is 17.5 Å². The number of nitriles is 1. The Morgan fingerprint density at radius 3 is 2.59 bits per heavy atom. The zero-order valence-electron chi connectivity index (χ0n) is 24.6. The number of alkyl halides is 1. The maximum Gasteiger partial charge on any atom is 0.255 e. The molecule has 13 heteroatoms. The van der Waals surface area contributed by atoms with Gasteiger partial charge in [-0.15, -0.1) is 0 Å². The Morgan fingerprint density at radius 1 is 1.14 bits per heavy atom. The molecule has 4 aromatic heterocycles. The normalized spacial score (nSPS) is 16.8. The summed E-state index contributed by atoms with van der Waals surface area (Å²) in [5.41, 5.74) is 2.02. The first-order valence-corrected chi connectivity index (χ1v) is 14.5. The number of piperazine rings is 1. The van der Waals surface area contributed by atoms with E-state index in [1.807, 2.05) is 24.3 Å². The number of pyridine rings is 2. The Bertz CT molecular complexity index is 1680. The number of aliphatic hydroxyl groups is 1. The molecule has 2 aliphatic rings. The summed E-state index contributed by atoms with van der Waals surface area (Å²) < 4.78 is 21.4. The number of halogens is 1. The number of carbonyl (C=O) groups is 1. The smallest absolute Gasteiger partial charge is 0.255 e. The van der Waals surface area contributed by atoms with Gasteiger partial charge in [-0.3, -0.25) is 14.7 Å². The highest BCUT2D eigenvalue weighted by atomic mass is 19.1. The molecule has 0 saturated carbocycles. The average molecular weight is 600 g/mol. The highest BCUT2D eigenvalue weighted by molar-refractivity contribution is 6.00. The van der Waals surface area contributed by atoms with Gasteiger partial charge in [0.1, 0.15) is 18.1 Å². The minimum atomic E-state index is -1.66. The van der Waals surface area contributed by atoms with Gasteiger partial charge in [0.05, 0.1) is 83.2 Å². The number of nitrogens with one attached hydrogen (secondary N) is 2. The number of hydrogen-bond donors (Lipinski definition) is 3. The van der Waals surface area contributed by atoms with Gasteiger partial charge in [-0.2, -0.15) is 10.4 Å². The molecule has 2 aliphatic heterocycles. The van der Waals surface area contributed by atoms with E-state index in [4.69, 9.17) is 4.74 Å². The molecule has 0 spiro atoms. The monoisotopic (exact) mass is 599 g/mol. The summed E-state index contributed by atoms with van der Waals surface area (Å²) in [7, 11) is 0. The molecule has 0 radical (unpaired) electrons. The van der Waals surface area contributed by atoms with Crippen LogP contribution < -0.4 is 15.5 Å². The standard InChI is InChI=1S/C31H34FN9O3/c1-31(2,43)28(32)17-36-30(42)24-16-34-26(27-5-4-22-11-20(13-33)14-37-41(22)27)12-25(24)38-21-3-6-29(35-15-21)40-9-7-39(8-10-40)23-18-44-19-23/h3-6,11-12,14-16,23,28,43H,7-10,17-19H2,1-2H3,(H,34,38)(H,36,42)/t28-/m1/s1. The van der Waals surface area contributed by atoms with Crippen LogP contribution in [0.3, 0.4) is 0 Å². The molecule has 0 aromatic carbocycles. The highest BCUT2D eigenvalue weighted by Gasteiger charge is 2.29. The van der Waals surface area contributed by atoms with Crippen LogP contribution in [0.5, 0.6) is 0 Å². The maximum absolute atomic E-state index is 14.4. The van der Waals surface area contributed by atoms with Gasteiger partial charge in [-0.05, 0) is 50.2 Å². The summed E-state index contributed by atoms with van der Waals surface area (Å²) >= 11 is 0. The Hall–Kier alpha value is -4.64. The lowest BCUT2D eigenvalue weighted by Gasteiger charge is -2.42. The van der Waals surface area contributed by atoms with Crippen molar-refractivity contribution >= 4 is 28.6 Å². The Kier molecular flexibility index (Phi) is 8.13. The minimum Gasteiger partial charge on any atom is -0.387 e. The molecule has 44 heavy (non-hydrogen) atoms. The first-order valence-electron chi connectivity index (χ1n) is 14.5. The van der Waals surface area contributed by atoms with Gasteiger partial charge in [0.25, 0.3) is 5.91 Å². The molecule has 1 atom stereocenters. The zero-order chi connectivity index (χ0) is 30.8. The van der Waals surface area contributed by atoms with Crippen LogP contribution in [0.1, 0.15) is 29.8 Å². The Labute approximate surface area is 254 Å². The third-order valence-electron chi connectivity index (χ3n) is 8.05. The van der Waals surface area contributed by atoms with Crippen molar-refractivity contribution in [3.05, 3.63) is 66.1 Å². The van der Waals surface area contributed by atoms with Gasteiger partial charge >= 0.3 is 0 Å². The van der Waals surface area contributed by atoms with E-state index >= 15 is 0 Å². The van der Waals surface area contributed by atoms with E-state index in [-0.39, 0.29) is 12.1 Å². The van der Waals surface area contributed by atoms with Gasteiger partial charge < -0.3 is 25.4 Å². The van der Waals surface area contributed by atoms with Crippen molar-refractivity contribution in [2.45, 2.75) is 31.7 Å². The van der Waals surface area contributed by atoms with Crippen molar-refractivity contribution in [3.63, 3.8) is 0 Å². The van der Waals surface area contributed by atoms with Crippen LogP contribution in [0.25, 0.3) is 16.9 Å².